The minimum absolute atomic E-state index is 0.0120. The van der Waals surface area contributed by atoms with Gasteiger partial charge in [-0.3, -0.25) is 0 Å². The highest BCUT2D eigenvalue weighted by atomic mass is 16.5. The summed E-state index contributed by atoms with van der Waals surface area (Å²) in [7, 11) is 0. The van der Waals surface area contributed by atoms with Gasteiger partial charge in [0, 0.05) is 22.2 Å². The first-order valence-corrected chi connectivity index (χ1v) is 43.2. The van der Waals surface area contributed by atoms with Crippen LogP contribution in [0.25, 0.3) is 0 Å². The van der Waals surface area contributed by atoms with E-state index in [2.05, 4.69) is 294 Å². The molecule has 582 valence electrons. The first-order valence-electron chi connectivity index (χ1n) is 43.2. The number of unbranched alkanes of at least 4 members (excludes halogenated alkanes) is 11. The van der Waals surface area contributed by atoms with Crippen molar-refractivity contribution in [2.24, 2.45) is 5.92 Å². The topological polar surface area (TPSA) is 27.7 Å². The highest BCUT2D eigenvalue weighted by Gasteiger charge is 2.31. The number of aryl methyl sites for hydroxylation is 7. The molecule has 8 aromatic rings. The van der Waals surface area contributed by atoms with Crippen LogP contribution in [0.3, 0.4) is 0 Å². The van der Waals surface area contributed by atoms with Gasteiger partial charge in [-0.05, 0) is 226 Å². The highest BCUT2D eigenvalue weighted by Crippen LogP contribution is 2.45. The third kappa shape index (κ3) is 26.4. The lowest BCUT2D eigenvalue weighted by Crippen LogP contribution is -2.22. The molecule has 0 heterocycles. The summed E-state index contributed by atoms with van der Waals surface area (Å²) in [6.45, 7) is 43.2. The van der Waals surface area contributed by atoms with Gasteiger partial charge in [-0.2, -0.15) is 0 Å². The molecular weight excluding hydrogens is 1300 g/mol. The van der Waals surface area contributed by atoms with Gasteiger partial charge in [0.25, 0.3) is 0 Å². The molecule has 0 amide bonds. The number of hydrogen-bond donors (Lipinski definition) is 0. The molecule has 3 heteroatoms. The van der Waals surface area contributed by atoms with Crippen molar-refractivity contribution in [2.75, 3.05) is 19.8 Å². The number of benzene rings is 8. The molecule has 0 bridgehead atoms. The molecule has 2 aliphatic carbocycles. The van der Waals surface area contributed by atoms with Crippen molar-refractivity contribution in [3.63, 3.8) is 0 Å². The van der Waals surface area contributed by atoms with Gasteiger partial charge < -0.3 is 14.2 Å². The van der Waals surface area contributed by atoms with E-state index in [0.29, 0.717) is 11.8 Å². The van der Waals surface area contributed by atoms with Crippen molar-refractivity contribution in [3.05, 3.63) is 264 Å². The molecule has 0 radical (unpaired) electrons. The molecule has 0 N–H and O–H groups in total. The second kappa shape index (κ2) is 45.3. The third-order valence-corrected chi connectivity index (χ3v) is 24.7. The van der Waals surface area contributed by atoms with Gasteiger partial charge in [-0.15, -0.1) is 0 Å². The lowest BCUT2D eigenvalue weighted by Gasteiger charge is -2.31. The molecule has 2 atom stereocenters. The summed E-state index contributed by atoms with van der Waals surface area (Å²) in [5, 5.41) is 0. The van der Waals surface area contributed by atoms with Crippen molar-refractivity contribution in [3.8, 4) is 17.2 Å². The van der Waals surface area contributed by atoms with E-state index in [4.69, 9.17) is 14.2 Å². The van der Waals surface area contributed by atoms with Crippen LogP contribution in [-0.4, -0.2) is 19.8 Å². The summed E-state index contributed by atoms with van der Waals surface area (Å²) in [5.41, 5.74) is 23.8. The van der Waals surface area contributed by atoms with Crippen LogP contribution in [0.1, 0.15) is 368 Å². The Morgan fingerprint density at radius 2 is 0.701 bits per heavy atom. The molecule has 2 saturated carbocycles. The predicted molar refractivity (Wildman–Crippen MR) is 466 cm³/mol. The Balaban J connectivity index is 0.000000202. The Labute approximate surface area is 656 Å². The minimum Gasteiger partial charge on any atom is -0.494 e. The number of hydrogen-bond acceptors (Lipinski definition) is 3. The van der Waals surface area contributed by atoms with Crippen LogP contribution in [0.4, 0.5) is 0 Å². The van der Waals surface area contributed by atoms with Crippen LogP contribution in [0, 0.1) is 54.4 Å². The van der Waals surface area contributed by atoms with Crippen LogP contribution >= 0.6 is 0 Å². The molecular formula is C104H148O3. The molecule has 10 rings (SSSR count). The molecule has 3 nitrogen and oxygen atoms in total. The zero-order valence-electron chi connectivity index (χ0n) is 71.1. The Hall–Kier alpha value is -6.84. The molecule has 2 aliphatic rings. The molecule has 0 aromatic heterocycles. The van der Waals surface area contributed by atoms with Gasteiger partial charge in [0.2, 0.25) is 0 Å². The number of ether oxygens (including phenoxy) is 3. The van der Waals surface area contributed by atoms with Crippen LogP contribution in [0.2, 0.25) is 0 Å². The average Bonchev–Trinajstić information content (AvgIpc) is 0.851. The molecule has 0 aliphatic heterocycles. The second-order valence-corrected chi connectivity index (χ2v) is 33.8. The van der Waals surface area contributed by atoms with Gasteiger partial charge in [-0.1, -0.05) is 360 Å². The molecule has 107 heavy (non-hydrogen) atoms. The van der Waals surface area contributed by atoms with Gasteiger partial charge >= 0.3 is 0 Å². The van der Waals surface area contributed by atoms with E-state index in [0.717, 1.165) is 74.6 Å². The maximum absolute atomic E-state index is 6.38. The van der Waals surface area contributed by atoms with Crippen LogP contribution in [-0.2, 0) is 16.2 Å². The van der Waals surface area contributed by atoms with Crippen molar-refractivity contribution in [2.45, 2.75) is 338 Å². The molecule has 2 unspecified atom stereocenters. The Morgan fingerprint density at radius 1 is 0.327 bits per heavy atom. The van der Waals surface area contributed by atoms with E-state index >= 15 is 0 Å². The van der Waals surface area contributed by atoms with Crippen molar-refractivity contribution < 1.29 is 14.2 Å². The van der Waals surface area contributed by atoms with E-state index in [1.54, 1.807) is 5.56 Å². The van der Waals surface area contributed by atoms with Crippen molar-refractivity contribution >= 4 is 0 Å². The monoisotopic (exact) mass is 1450 g/mol. The van der Waals surface area contributed by atoms with E-state index in [1.165, 1.54) is 243 Å². The van der Waals surface area contributed by atoms with Gasteiger partial charge in [-0.25, -0.2) is 0 Å². The van der Waals surface area contributed by atoms with Gasteiger partial charge in [0.1, 0.15) is 17.2 Å². The van der Waals surface area contributed by atoms with Crippen LogP contribution < -0.4 is 14.2 Å². The molecule has 2 fully saturated rings. The predicted octanol–water partition coefficient (Wildman–Crippen LogP) is 31.0. The lowest BCUT2D eigenvalue weighted by atomic mass is 9.73. The summed E-state index contributed by atoms with van der Waals surface area (Å²) in [4.78, 5) is 0. The highest BCUT2D eigenvalue weighted by molar-refractivity contribution is 5.50. The van der Waals surface area contributed by atoms with Crippen molar-refractivity contribution in [1.29, 1.82) is 0 Å². The first-order chi connectivity index (χ1) is 51.6. The largest absolute Gasteiger partial charge is 0.494 e. The Kier molecular flexibility index (Phi) is 37.0. The fraction of sp³-hybridized carbons (Fsp3) is 0.538. The van der Waals surface area contributed by atoms with E-state index < -0.39 is 0 Å². The molecule has 0 saturated heterocycles. The Morgan fingerprint density at radius 3 is 1.17 bits per heavy atom. The van der Waals surface area contributed by atoms with Crippen molar-refractivity contribution in [1.82, 2.24) is 0 Å². The van der Waals surface area contributed by atoms with Crippen LogP contribution in [0.5, 0.6) is 17.2 Å². The zero-order valence-corrected chi connectivity index (χ0v) is 71.1. The molecule has 8 aromatic carbocycles. The van der Waals surface area contributed by atoms with Crippen LogP contribution in [0.15, 0.2) is 170 Å². The fourth-order valence-electron chi connectivity index (χ4n) is 16.4. The summed E-state index contributed by atoms with van der Waals surface area (Å²) in [6, 6.07) is 64.0. The van der Waals surface area contributed by atoms with Gasteiger partial charge in [0.05, 0.1) is 19.8 Å². The second-order valence-electron chi connectivity index (χ2n) is 33.8. The maximum Gasteiger partial charge on any atom is 0.122 e. The maximum atomic E-state index is 6.38. The smallest absolute Gasteiger partial charge is 0.122 e. The molecule has 0 spiro atoms. The normalized spacial score (nSPS) is 14.3. The van der Waals surface area contributed by atoms with Gasteiger partial charge in [0.15, 0.2) is 0 Å². The van der Waals surface area contributed by atoms with E-state index in [1.807, 2.05) is 0 Å². The minimum atomic E-state index is -0.0126. The summed E-state index contributed by atoms with van der Waals surface area (Å²) >= 11 is 0. The Bertz CT molecular complexity index is 3730. The SMILES string of the molecule is CCCCC(CC)C(c1ccc(C)cc1)c1ccc(C)cc1.CCCCCCCOc1ccc(C(C)(C)c2ccc(C)c(C)c2)cc1C.CCCCCCCOc1ccc(C(C)(CC)c2ccc(C)cc2)cc1.CCCCCOc1ccc(C(C)(C)c2ccc(C)c(C3CCCCC3)c2)cc1C1CCCCC1. The fourth-order valence-corrected chi connectivity index (χ4v) is 16.4. The third-order valence-electron chi connectivity index (χ3n) is 24.7. The summed E-state index contributed by atoms with van der Waals surface area (Å²) < 4.78 is 18.3. The summed E-state index contributed by atoms with van der Waals surface area (Å²) in [6.07, 6.45) is 36.3. The average molecular weight is 1450 g/mol. The number of rotatable bonds is 35. The standard InChI is InChI=1S/C33H48O.C25H36O.C24H34O.C22H30/c1-5-6-13-22-34-32-21-20-29(24-31(32)27-16-11-8-12-17-27)33(3,4)28-19-18-25(2)30(23-28)26-14-9-7-10-15-26;1-7-8-9-10-11-16-26-24-15-14-23(18-21(24)4)25(5,6)22-13-12-19(2)20(3)17-22;1-5-7-8-9-10-19-25-23-17-15-22(16-18-23)24(4,6-2)21-13-11-20(3)12-14-21;1-5-7-8-19(6-2)22(20-13-9-17(3)10-14-20)21-15-11-18(4)12-16-21/h18-21,23-24,26-27H,5-17,22H2,1-4H3;12-15,17-18H,7-11,16H2,1-6H3;11-18H,5-10,19H2,1-4H3;9-16,19,22H,5-8H2,1-4H3. The van der Waals surface area contributed by atoms with E-state index in [-0.39, 0.29) is 16.2 Å². The summed E-state index contributed by atoms with van der Waals surface area (Å²) in [5.74, 6) is 5.82. The quantitative estimate of drug-likeness (QED) is 0.0371. The van der Waals surface area contributed by atoms with E-state index in [9.17, 15) is 0 Å². The zero-order chi connectivity index (χ0) is 77.2. The lowest BCUT2D eigenvalue weighted by molar-refractivity contribution is 0.297. The first kappa shape index (κ1) is 87.4.